The molecule has 0 saturated carbocycles. The van der Waals surface area contributed by atoms with Crippen LogP contribution in [0.25, 0.3) is 22.0 Å². The predicted octanol–water partition coefficient (Wildman–Crippen LogP) is 10.7. The molecule has 5 nitrogen and oxygen atoms in total. The van der Waals surface area contributed by atoms with Crippen LogP contribution in [0.2, 0.25) is 10.0 Å². The number of nitrogens with one attached hydrogen (secondary N) is 1. The summed E-state index contributed by atoms with van der Waals surface area (Å²) in [5.74, 6) is 0.325. The lowest BCUT2D eigenvalue weighted by Crippen LogP contribution is -2.39. The van der Waals surface area contributed by atoms with Gasteiger partial charge in [-0.3, -0.25) is 4.79 Å². The van der Waals surface area contributed by atoms with Gasteiger partial charge in [0.25, 0.3) is 0 Å². The number of fused-ring (bicyclic) bond motifs is 1. The van der Waals surface area contributed by atoms with E-state index < -0.39 is 5.54 Å². The monoisotopic (exact) mass is 706 g/mol. The molecule has 1 amide bonds. The van der Waals surface area contributed by atoms with Crippen molar-refractivity contribution in [3.63, 3.8) is 0 Å². The summed E-state index contributed by atoms with van der Waals surface area (Å²) in [5, 5.41) is 10.6. The summed E-state index contributed by atoms with van der Waals surface area (Å²) in [7, 11) is 0. The molecule has 1 fully saturated rings. The quantitative estimate of drug-likeness (QED) is 0.160. The number of amides is 1. The Hall–Kier alpha value is -5.36. The maximum absolute atomic E-state index is 14.2. The van der Waals surface area contributed by atoms with E-state index in [2.05, 4.69) is 118 Å². The number of halogens is 2. The van der Waals surface area contributed by atoms with Gasteiger partial charge in [0.05, 0.1) is 5.52 Å². The van der Waals surface area contributed by atoms with Gasteiger partial charge in [-0.15, -0.1) is 0 Å². The standard InChI is InChI=1S/C44H36Cl2N4O/c45-38-22-13-23-39(46)41(38)32-24-25-40-37(30-32)42(47-43(51)31-26-28-49(29-27-31)36-20-11-4-12-21-36)48-50(40)44(33-14-5-1-6-15-33,34-16-7-2-8-17-34)35-18-9-3-10-19-35/h1-25,30-31H,26-29H2,(H,47,48,51). The van der Waals surface area contributed by atoms with E-state index in [9.17, 15) is 4.79 Å². The molecule has 1 saturated heterocycles. The highest BCUT2D eigenvalue weighted by atomic mass is 35.5. The molecule has 1 aliphatic heterocycles. The van der Waals surface area contributed by atoms with E-state index in [1.165, 1.54) is 5.69 Å². The third-order valence-electron chi connectivity index (χ3n) is 10.1. The largest absolute Gasteiger partial charge is 0.371 e. The van der Waals surface area contributed by atoms with Crippen molar-refractivity contribution in [2.45, 2.75) is 18.4 Å². The minimum Gasteiger partial charge on any atom is -0.371 e. The van der Waals surface area contributed by atoms with Crippen molar-refractivity contribution in [3.05, 3.63) is 184 Å². The van der Waals surface area contributed by atoms with Gasteiger partial charge in [0.1, 0.15) is 5.54 Å². The molecule has 0 atom stereocenters. The molecule has 0 radical (unpaired) electrons. The second-order valence-electron chi connectivity index (χ2n) is 13.0. The van der Waals surface area contributed by atoms with Crippen LogP contribution in [0, 0.1) is 5.92 Å². The summed E-state index contributed by atoms with van der Waals surface area (Å²) < 4.78 is 2.08. The highest BCUT2D eigenvalue weighted by Gasteiger charge is 2.41. The normalized spacial score (nSPS) is 13.7. The van der Waals surface area contributed by atoms with Crippen LogP contribution in [0.5, 0.6) is 0 Å². The first-order valence-electron chi connectivity index (χ1n) is 17.3. The van der Waals surface area contributed by atoms with Crippen LogP contribution < -0.4 is 10.2 Å². The third kappa shape index (κ3) is 6.07. The van der Waals surface area contributed by atoms with Gasteiger partial charge in [0.2, 0.25) is 5.91 Å². The Morgan fingerprint density at radius 1 is 0.647 bits per heavy atom. The number of hydrogen-bond donors (Lipinski definition) is 1. The van der Waals surface area contributed by atoms with Gasteiger partial charge in [-0.05, 0) is 71.5 Å². The zero-order valence-electron chi connectivity index (χ0n) is 27.9. The second kappa shape index (κ2) is 14.1. The minimum absolute atomic E-state index is 0.0276. The van der Waals surface area contributed by atoms with Crippen molar-refractivity contribution in [3.8, 4) is 11.1 Å². The van der Waals surface area contributed by atoms with Crippen molar-refractivity contribution in [1.29, 1.82) is 0 Å². The van der Waals surface area contributed by atoms with Gasteiger partial charge in [-0.25, -0.2) is 4.68 Å². The van der Waals surface area contributed by atoms with Crippen molar-refractivity contribution in [2.75, 3.05) is 23.3 Å². The maximum atomic E-state index is 14.2. The van der Waals surface area contributed by atoms with Crippen LogP contribution >= 0.6 is 23.2 Å². The molecular weight excluding hydrogens is 671 g/mol. The molecule has 2 heterocycles. The van der Waals surface area contributed by atoms with E-state index in [1.54, 1.807) is 0 Å². The van der Waals surface area contributed by atoms with Crippen LogP contribution in [-0.2, 0) is 10.3 Å². The van der Waals surface area contributed by atoms with Gasteiger partial charge in [0, 0.05) is 45.7 Å². The van der Waals surface area contributed by atoms with Gasteiger partial charge in [-0.1, -0.05) is 145 Å². The predicted molar refractivity (Wildman–Crippen MR) is 210 cm³/mol. The molecule has 0 spiro atoms. The minimum atomic E-state index is -0.879. The van der Waals surface area contributed by atoms with E-state index in [1.807, 2.05) is 54.6 Å². The van der Waals surface area contributed by atoms with Crippen molar-refractivity contribution >= 4 is 51.5 Å². The van der Waals surface area contributed by atoms with Crippen LogP contribution in [0.3, 0.4) is 0 Å². The van der Waals surface area contributed by atoms with Gasteiger partial charge < -0.3 is 10.2 Å². The number of hydrogen-bond acceptors (Lipinski definition) is 3. The summed E-state index contributed by atoms with van der Waals surface area (Å²) in [6.07, 6.45) is 1.50. The van der Waals surface area contributed by atoms with Gasteiger partial charge >= 0.3 is 0 Å². The summed E-state index contributed by atoms with van der Waals surface area (Å²) in [4.78, 5) is 16.5. The highest BCUT2D eigenvalue weighted by molar-refractivity contribution is 6.39. The molecule has 0 unspecified atom stereocenters. The number of aromatic nitrogens is 2. The Morgan fingerprint density at radius 3 is 1.69 bits per heavy atom. The molecule has 252 valence electrons. The SMILES string of the molecule is O=C(Nc1nn(C(c2ccccc2)(c2ccccc2)c2ccccc2)c2ccc(-c3c(Cl)cccc3Cl)cc12)C1CCN(c2ccccc2)CC1. The molecule has 0 aliphatic carbocycles. The molecule has 6 aromatic carbocycles. The van der Waals surface area contributed by atoms with Crippen molar-refractivity contribution in [1.82, 2.24) is 9.78 Å². The van der Waals surface area contributed by atoms with E-state index in [4.69, 9.17) is 28.3 Å². The number of carbonyl (C=O) groups is 1. The molecule has 1 aromatic heterocycles. The Kier molecular flexibility index (Phi) is 9.08. The average molecular weight is 708 g/mol. The second-order valence-corrected chi connectivity index (χ2v) is 13.8. The Labute approximate surface area is 308 Å². The summed E-state index contributed by atoms with van der Waals surface area (Å²) in [6.45, 7) is 1.62. The van der Waals surface area contributed by atoms with E-state index in [0.717, 1.165) is 64.7 Å². The summed E-state index contributed by atoms with van der Waals surface area (Å²) in [6, 6.07) is 53.3. The number of benzene rings is 6. The topological polar surface area (TPSA) is 50.2 Å². The first-order valence-corrected chi connectivity index (χ1v) is 18.0. The van der Waals surface area contributed by atoms with E-state index in [0.29, 0.717) is 15.9 Å². The van der Waals surface area contributed by atoms with E-state index >= 15 is 0 Å². The summed E-state index contributed by atoms with van der Waals surface area (Å²) >= 11 is 13.5. The smallest absolute Gasteiger partial charge is 0.228 e. The van der Waals surface area contributed by atoms with Crippen LogP contribution in [0.1, 0.15) is 29.5 Å². The van der Waals surface area contributed by atoms with Crippen LogP contribution in [0.4, 0.5) is 11.5 Å². The lowest BCUT2D eigenvalue weighted by molar-refractivity contribution is -0.120. The molecule has 7 aromatic rings. The van der Waals surface area contributed by atoms with Crippen LogP contribution in [-0.4, -0.2) is 28.8 Å². The highest BCUT2D eigenvalue weighted by Crippen LogP contribution is 2.45. The molecule has 1 N–H and O–H groups in total. The van der Waals surface area contributed by atoms with Gasteiger partial charge in [0.15, 0.2) is 5.82 Å². The first kappa shape index (κ1) is 32.8. The lowest BCUT2D eigenvalue weighted by Gasteiger charge is -2.37. The lowest BCUT2D eigenvalue weighted by atomic mass is 9.77. The number of nitrogens with zero attached hydrogens (tertiary/aromatic N) is 3. The Morgan fingerprint density at radius 2 is 1.16 bits per heavy atom. The zero-order valence-corrected chi connectivity index (χ0v) is 29.4. The Balaban J connectivity index is 1.30. The fraction of sp³-hybridized carbons (Fsp3) is 0.136. The molecule has 7 heteroatoms. The number of anilines is 2. The first-order chi connectivity index (χ1) is 25.0. The third-order valence-corrected chi connectivity index (χ3v) is 10.7. The average Bonchev–Trinajstić information content (AvgIpc) is 3.54. The van der Waals surface area contributed by atoms with Crippen molar-refractivity contribution in [2.24, 2.45) is 5.92 Å². The summed E-state index contributed by atoms with van der Waals surface area (Å²) in [5.41, 5.74) is 5.85. The molecule has 0 bridgehead atoms. The molecular formula is C44H36Cl2N4O. The zero-order chi connectivity index (χ0) is 34.8. The number of para-hydroxylation sites is 1. The fourth-order valence-corrected chi connectivity index (χ4v) is 8.17. The number of rotatable bonds is 8. The molecule has 8 rings (SSSR count). The van der Waals surface area contributed by atoms with E-state index in [-0.39, 0.29) is 11.8 Å². The van der Waals surface area contributed by atoms with Gasteiger partial charge in [-0.2, -0.15) is 5.10 Å². The maximum Gasteiger partial charge on any atom is 0.228 e. The number of carbonyl (C=O) groups excluding carboxylic acids is 1. The molecule has 1 aliphatic rings. The fourth-order valence-electron chi connectivity index (χ4n) is 7.56. The van der Waals surface area contributed by atoms with Crippen LogP contribution in [0.15, 0.2) is 158 Å². The Bertz CT molecular complexity index is 2170. The number of piperidine rings is 1. The van der Waals surface area contributed by atoms with Crippen molar-refractivity contribution < 1.29 is 4.79 Å². The molecule has 51 heavy (non-hydrogen) atoms.